The molecule has 1 rings (SSSR count). The molecule has 1 unspecified atom stereocenters. The first-order valence-electron chi connectivity index (χ1n) is 5.69. The normalized spacial score (nSPS) is 13.8. The molecule has 0 radical (unpaired) electrons. The van der Waals surface area contributed by atoms with Gasteiger partial charge in [0.05, 0.1) is 5.60 Å². The zero-order valence-electron chi connectivity index (χ0n) is 10.3. The Balaban J connectivity index is 3.09. The lowest BCUT2D eigenvalue weighted by atomic mass is 9.86. The van der Waals surface area contributed by atoms with Crippen molar-refractivity contribution >= 4 is 0 Å². The van der Waals surface area contributed by atoms with Crippen LogP contribution in [0.5, 0.6) is 0 Å². The van der Waals surface area contributed by atoms with Crippen LogP contribution in [-0.2, 0) is 4.74 Å². The molecule has 0 amide bonds. The molecule has 0 aliphatic carbocycles. The van der Waals surface area contributed by atoms with E-state index in [0.717, 1.165) is 12.1 Å². The first-order chi connectivity index (χ1) is 8.00. The molecule has 0 saturated heterocycles. The van der Waals surface area contributed by atoms with Gasteiger partial charge in [0.25, 0.3) is 0 Å². The lowest BCUT2D eigenvalue weighted by Gasteiger charge is -2.35. The minimum Gasteiger partial charge on any atom is -0.385 e. The Labute approximate surface area is 100 Å². The Hall–Kier alpha value is -1.00. The van der Waals surface area contributed by atoms with E-state index in [-0.39, 0.29) is 0 Å². The molecule has 2 nitrogen and oxygen atoms in total. The number of hydrogen-bond donors (Lipinski definition) is 1. The standard InChI is InChI=1S/C13H18F2O2/c1-4-13(5-2,17-3)12(16)9-6-7-10(14)11(15)8-9/h6-8,12,16H,4-5H2,1-3H3. The van der Waals surface area contributed by atoms with Crippen LogP contribution in [0.15, 0.2) is 18.2 Å². The maximum Gasteiger partial charge on any atom is 0.159 e. The highest BCUT2D eigenvalue weighted by molar-refractivity contribution is 5.22. The molecule has 1 N–H and O–H groups in total. The molecule has 0 fully saturated rings. The summed E-state index contributed by atoms with van der Waals surface area (Å²) in [4.78, 5) is 0. The van der Waals surface area contributed by atoms with Crippen molar-refractivity contribution in [3.8, 4) is 0 Å². The van der Waals surface area contributed by atoms with E-state index in [9.17, 15) is 13.9 Å². The van der Waals surface area contributed by atoms with Crippen molar-refractivity contribution in [2.45, 2.75) is 38.4 Å². The van der Waals surface area contributed by atoms with Crippen LogP contribution in [0.25, 0.3) is 0 Å². The van der Waals surface area contributed by atoms with Crippen LogP contribution in [0, 0.1) is 11.6 Å². The number of methoxy groups -OCH3 is 1. The lowest BCUT2D eigenvalue weighted by molar-refractivity contribution is -0.110. The summed E-state index contributed by atoms with van der Waals surface area (Å²) in [5, 5.41) is 10.2. The molecule has 0 bridgehead atoms. The molecule has 0 heterocycles. The van der Waals surface area contributed by atoms with Crippen LogP contribution in [-0.4, -0.2) is 17.8 Å². The van der Waals surface area contributed by atoms with E-state index in [1.165, 1.54) is 13.2 Å². The summed E-state index contributed by atoms with van der Waals surface area (Å²) in [6.45, 7) is 3.77. The molecule has 1 atom stereocenters. The van der Waals surface area contributed by atoms with Gasteiger partial charge in [0, 0.05) is 7.11 Å². The predicted octanol–water partition coefficient (Wildman–Crippen LogP) is 3.20. The molecule has 0 saturated carbocycles. The molecule has 1 aromatic carbocycles. The van der Waals surface area contributed by atoms with E-state index in [0.29, 0.717) is 18.4 Å². The minimum absolute atomic E-state index is 0.328. The average molecular weight is 244 g/mol. The Morgan fingerprint density at radius 2 is 1.82 bits per heavy atom. The quantitative estimate of drug-likeness (QED) is 0.861. The third-order valence-corrected chi connectivity index (χ3v) is 3.36. The van der Waals surface area contributed by atoms with E-state index < -0.39 is 23.3 Å². The lowest BCUT2D eigenvalue weighted by Crippen LogP contribution is -2.37. The number of aliphatic hydroxyl groups is 1. The molecule has 0 aliphatic heterocycles. The van der Waals surface area contributed by atoms with Crippen molar-refractivity contribution in [3.05, 3.63) is 35.4 Å². The van der Waals surface area contributed by atoms with Crippen LogP contribution in [0.1, 0.15) is 38.4 Å². The van der Waals surface area contributed by atoms with Gasteiger partial charge in [-0.25, -0.2) is 8.78 Å². The van der Waals surface area contributed by atoms with Crippen molar-refractivity contribution in [2.24, 2.45) is 0 Å². The Bertz CT molecular complexity index is 367. The predicted molar refractivity (Wildman–Crippen MR) is 61.6 cm³/mol. The summed E-state index contributed by atoms with van der Waals surface area (Å²) < 4.78 is 31.3. The van der Waals surface area contributed by atoms with Crippen LogP contribution < -0.4 is 0 Å². The van der Waals surface area contributed by atoms with Gasteiger partial charge in [0.15, 0.2) is 11.6 Å². The van der Waals surface area contributed by atoms with Crippen molar-refractivity contribution in [2.75, 3.05) is 7.11 Å². The van der Waals surface area contributed by atoms with E-state index in [4.69, 9.17) is 4.74 Å². The molecule has 96 valence electrons. The molecule has 1 aromatic rings. The zero-order valence-corrected chi connectivity index (χ0v) is 10.3. The summed E-state index contributed by atoms with van der Waals surface area (Å²) in [7, 11) is 1.51. The number of ether oxygens (including phenoxy) is 1. The fraction of sp³-hybridized carbons (Fsp3) is 0.538. The van der Waals surface area contributed by atoms with Gasteiger partial charge in [-0.05, 0) is 30.5 Å². The van der Waals surface area contributed by atoms with E-state index in [2.05, 4.69) is 0 Å². The van der Waals surface area contributed by atoms with Crippen molar-refractivity contribution in [1.29, 1.82) is 0 Å². The van der Waals surface area contributed by atoms with E-state index >= 15 is 0 Å². The van der Waals surface area contributed by atoms with Gasteiger partial charge in [0.2, 0.25) is 0 Å². The summed E-state index contributed by atoms with van der Waals surface area (Å²) in [6.07, 6.45) is 0.193. The molecule has 4 heteroatoms. The van der Waals surface area contributed by atoms with Gasteiger partial charge >= 0.3 is 0 Å². The number of hydrogen-bond acceptors (Lipinski definition) is 2. The maximum atomic E-state index is 13.1. The molecule has 17 heavy (non-hydrogen) atoms. The SMILES string of the molecule is CCC(CC)(OC)C(O)c1ccc(F)c(F)c1. The second-order valence-corrected chi connectivity index (χ2v) is 4.05. The second-order valence-electron chi connectivity index (χ2n) is 4.05. The summed E-state index contributed by atoms with van der Waals surface area (Å²) in [6, 6.07) is 3.40. The highest BCUT2D eigenvalue weighted by Crippen LogP contribution is 2.35. The monoisotopic (exact) mass is 244 g/mol. The topological polar surface area (TPSA) is 29.5 Å². The second kappa shape index (κ2) is 5.56. The smallest absolute Gasteiger partial charge is 0.159 e. The van der Waals surface area contributed by atoms with Crippen molar-refractivity contribution in [1.82, 2.24) is 0 Å². The average Bonchev–Trinajstić information content (AvgIpc) is 2.35. The van der Waals surface area contributed by atoms with Crippen LogP contribution >= 0.6 is 0 Å². The maximum absolute atomic E-state index is 13.1. The van der Waals surface area contributed by atoms with Gasteiger partial charge in [-0.1, -0.05) is 19.9 Å². The largest absolute Gasteiger partial charge is 0.385 e. The highest BCUT2D eigenvalue weighted by Gasteiger charge is 2.35. The van der Waals surface area contributed by atoms with Crippen molar-refractivity contribution in [3.63, 3.8) is 0 Å². The molecule has 0 aromatic heterocycles. The molecule has 0 aliphatic rings. The van der Waals surface area contributed by atoms with Gasteiger partial charge in [0.1, 0.15) is 6.10 Å². The number of aliphatic hydroxyl groups excluding tert-OH is 1. The summed E-state index contributed by atoms with van der Waals surface area (Å²) in [5.74, 6) is -1.88. The third-order valence-electron chi connectivity index (χ3n) is 3.36. The Kier molecular flexibility index (Phi) is 4.60. The van der Waals surface area contributed by atoms with E-state index in [1.807, 2.05) is 13.8 Å². The van der Waals surface area contributed by atoms with Gasteiger partial charge < -0.3 is 9.84 Å². The fourth-order valence-corrected chi connectivity index (χ4v) is 2.02. The molecular formula is C13H18F2O2. The van der Waals surface area contributed by atoms with Gasteiger partial charge in [-0.3, -0.25) is 0 Å². The third kappa shape index (κ3) is 2.64. The first kappa shape index (κ1) is 14.1. The molecule has 0 spiro atoms. The van der Waals surface area contributed by atoms with Crippen LogP contribution in [0.3, 0.4) is 0 Å². The summed E-state index contributed by atoms with van der Waals surface area (Å²) >= 11 is 0. The fourth-order valence-electron chi connectivity index (χ4n) is 2.02. The van der Waals surface area contributed by atoms with Gasteiger partial charge in [-0.2, -0.15) is 0 Å². The Morgan fingerprint density at radius 1 is 1.24 bits per heavy atom. The highest BCUT2D eigenvalue weighted by atomic mass is 19.2. The van der Waals surface area contributed by atoms with Crippen molar-refractivity contribution < 1.29 is 18.6 Å². The first-order valence-corrected chi connectivity index (χ1v) is 5.69. The zero-order chi connectivity index (χ0) is 13.1. The van der Waals surface area contributed by atoms with Crippen LogP contribution in [0.2, 0.25) is 0 Å². The Morgan fingerprint density at radius 3 is 2.24 bits per heavy atom. The van der Waals surface area contributed by atoms with Gasteiger partial charge in [-0.15, -0.1) is 0 Å². The van der Waals surface area contributed by atoms with E-state index in [1.54, 1.807) is 0 Å². The minimum atomic E-state index is -0.974. The number of rotatable bonds is 5. The summed E-state index contributed by atoms with van der Waals surface area (Å²) in [5.41, 5.74) is -0.431. The number of benzene rings is 1. The molecular weight excluding hydrogens is 226 g/mol. The van der Waals surface area contributed by atoms with Crippen LogP contribution in [0.4, 0.5) is 8.78 Å². The number of halogens is 2.